The Morgan fingerprint density at radius 1 is 1.38 bits per heavy atom. The van der Waals surface area contributed by atoms with Crippen molar-refractivity contribution in [1.29, 1.82) is 0 Å². The van der Waals surface area contributed by atoms with Gasteiger partial charge in [-0.1, -0.05) is 12.1 Å². The summed E-state index contributed by atoms with van der Waals surface area (Å²) in [5, 5.41) is 0. The molecule has 0 aliphatic carbocycles. The molecule has 1 aromatic rings. The summed E-state index contributed by atoms with van der Waals surface area (Å²) in [4.78, 5) is 0. The molecule has 2 nitrogen and oxygen atoms in total. The Labute approximate surface area is 77.5 Å². The molecule has 0 amide bonds. The average molecular weight is 176 g/mol. The molecule has 2 aliphatic heterocycles. The molecule has 1 atom stereocenters. The van der Waals surface area contributed by atoms with Crippen LogP contribution >= 0.6 is 0 Å². The van der Waals surface area contributed by atoms with Crippen LogP contribution in [0.2, 0.25) is 0 Å². The van der Waals surface area contributed by atoms with E-state index in [1.807, 2.05) is 0 Å². The molecule has 1 aromatic carbocycles. The van der Waals surface area contributed by atoms with E-state index < -0.39 is 0 Å². The molecule has 0 N–H and O–H groups in total. The first-order valence-electron chi connectivity index (χ1n) is 4.78. The lowest BCUT2D eigenvalue weighted by atomic mass is 10.0. The van der Waals surface area contributed by atoms with Gasteiger partial charge in [0, 0.05) is 18.4 Å². The fraction of sp³-hybridized carbons (Fsp3) is 0.455. The fourth-order valence-electron chi connectivity index (χ4n) is 1.92. The molecule has 1 unspecified atom stereocenters. The van der Waals surface area contributed by atoms with Crippen LogP contribution in [0.1, 0.15) is 11.1 Å². The first-order chi connectivity index (χ1) is 6.43. The minimum absolute atomic E-state index is 0.479. The fourth-order valence-corrected chi connectivity index (χ4v) is 1.92. The van der Waals surface area contributed by atoms with Crippen LogP contribution in [0.3, 0.4) is 0 Å². The van der Waals surface area contributed by atoms with Crippen LogP contribution in [0.5, 0.6) is 5.75 Å². The summed E-state index contributed by atoms with van der Waals surface area (Å²) in [6.45, 7) is 1.78. The highest BCUT2D eigenvalue weighted by Gasteiger charge is 2.25. The average Bonchev–Trinajstić information content (AvgIpc) is 2.83. The van der Waals surface area contributed by atoms with Gasteiger partial charge in [-0.05, 0) is 11.6 Å². The van der Waals surface area contributed by atoms with E-state index >= 15 is 0 Å². The summed E-state index contributed by atoms with van der Waals surface area (Å²) in [6.07, 6.45) is 2.61. The lowest BCUT2D eigenvalue weighted by Gasteiger charge is -2.04. The number of ether oxygens (including phenoxy) is 2. The van der Waals surface area contributed by atoms with E-state index in [0.717, 1.165) is 31.8 Å². The van der Waals surface area contributed by atoms with Gasteiger partial charge in [0.25, 0.3) is 0 Å². The molecule has 2 heteroatoms. The first kappa shape index (κ1) is 7.39. The molecule has 68 valence electrons. The summed E-state index contributed by atoms with van der Waals surface area (Å²) in [6, 6.07) is 6.32. The van der Waals surface area contributed by atoms with E-state index in [9.17, 15) is 0 Å². The Bertz CT molecular complexity index is 329. The van der Waals surface area contributed by atoms with Crippen molar-refractivity contribution < 1.29 is 9.47 Å². The lowest BCUT2D eigenvalue weighted by molar-refractivity contribution is 0.357. The molecule has 1 saturated heterocycles. The normalized spacial score (nSPS) is 23.8. The number of hydrogen-bond donors (Lipinski definition) is 0. The molecule has 2 heterocycles. The van der Waals surface area contributed by atoms with Crippen molar-refractivity contribution in [3.63, 3.8) is 0 Å². The summed E-state index contributed by atoms with van der Waals surface area (Å²) in [5.41, 5.74) is 2.82. The summed E-state index contributed by atoms with van der Waals surface area (Å²) in [5.74, 6) is 1.08. The lowest BCUT2D eigenvalue weighted by Crippen LogP contribution is -1.96. The van der Waals surface area contributed by atoms with Gasteiger partial charge in [0.05, 0.1) is 19.3 Å². The third-order valence-corrected chi connectivity index (χ3v) is 2.69. The molecule has 1 fully saturated rings. The monoisotopic (exact) mass is 176 g/mol. The predicted molar refractivity (Wildman–Crippen MR) is 49.1 cm³/mol. The quantitative estimate of drug-likeness (QED) is 0.638. The minimum Gasteiger partial charge on any atom is -0.493 e. The molecule has 0 saturated carbocycles. The van der Waals surface area contributed by atoms with Crippen molar-refractivity contribution in [3.8, 4) is 5.75 Å². The van der Waals surface area contributed by atoms with Crippen LogP contribution in [0.4, 0.5) is 0 Å². The van der Waals surface area contributed by atoms with Crippen LogP contribution in [-0.2, 0) is 17.6 Å². The maximum absolute atomic E-state index is 5.50. The van der Waals surface area contributed by atoms with Crippen LogP contribution in [0.15, 0.2) is 18.2 Å². The third-order valence-electron chi connectivity index (χ3n) is 2.69. The van der Waals surface area contributed by atoms with Crippen molar-refractivity contribution in [2.24, 2.45) is 0 Å². The zero-order valence-corrected chi connectivity index (χ0v) is 7.45. The second-order valence-corrected chi connectivity index (χ2v) is 3.65. The van der Waals surface area contributed by atoms with Crippen LogP contribution in [0.25, 0.3) is 0 Å². The smallest absolute Gasteiger partial charge is 0.122 e. The van der Waals surface area contributed by atoms with Crippen molar-refractivity contribution in [1.82, 2.24) is 0 Å². The molecule has 2 aliphatic rings. The molecule has 0 spiro atoms. The van der Waals surface area contributed by atoms with Gasteiger partial charge in [-0.3, -0.25) is 0 Å². The summed E-state index contributed by atoms with van der Waals surface area (Å²) < 4.78 is 10.7. The van der Waals surface area contributed by atoms with Gasteiger partial charge in [0.2, 0.25) is 0 Å². The Morgan fingerprint density at radius 2 is 2.31 bits per heavy atom. The molecule has 0 bridgehead atoms. The maximum atomic E-state index is 5.50. The molecular formula is C11H12O2. The largest absolute Gasteiger partial charge is 0.493 e. The van der Waals surface area contributed by atoms with Gasteiger partial charge in [0.1, 0.15) is 5.75 Å². The third kappa shape index (κ3) is 1.31. The molecule has 13 heavy (non-hydrogen) atoms. The number of fused-ring (bicyclic) bond motifs is 1. The van der Waals surface area contributed by atoms with Crippen molar-refractivity contribution in [3.05, 3.63) is 29.3 Å². The predicted octanol–water partition coefficient (Wildman–Crippen LogP) is 1.56. The Hall–Kier alpha value is -1.02. The molecular weight excluding hydrogens is 164 g/mol. The number of epoxide rings is 1. The Balaban J connectivity index is 1.94. The van der Waals surface area contributed by atoms with Gasteiger partial charge < -0.3 is 9.47 Å². The standard InChI is InChI=1S/C11H12O2/c1-2-8(6-9-7-13-9)10-4-5-12-11(10)3-1/h1-3,9H,4-7H2. The SMILES string of the molecule is c1cc(CC2CO2)c2c(c1)OCC2. The highest BCUT2D eigenvalue weighted by molar-refractivity contribution is 5.43. The maximum Gasteiger partial charge on any atom is 0.122 e. The number of rotatable bonds is 2. The molecule has 0 aromatic heterocycles. The van der Waals surface area contributed by atoms with E-state index in [1.54, 1.807) is 0 Å². The van der Waals surface area contributed by atoms with Gasteiger partial charge in [-0.25, -0.2) is 0 Å². The Kier molecular flexibility index (Phi) is 1.56. The first-order valence-corrected chi connectivity index (χ1v) is 4.78. The van der Waals surface area contributed by atoms with Gasteiger partial charge in [-0.15, -0.1) is 0 Å². The van der Waals surface area contributed by atoms with Crippen molar-refractivity contribution >= 4 is 0 Å². The van der Waals surface area contributed by atoms with E-state index in [0.29, 0.717) is 6.10 Å². The Morgan fingerprint density at radius 3 is 3.15 bits per heavy atom. The van der Waals surface area contributed by atoms with E-state index in [2.05, 4.69) is 18.2 Å². The topological polar surface area (TPSA) is 21.8 Å². The van der Waals surface area contributed by atoms with Gasteiger partial charge in [-0.2, -0.15) is 0 Å². The van der Waals surface area contributed by atoms with Crippen LogP contribution in [-0.4, -0.2) is 19.3 Å². The highest BCUT2D eigenvalue weighted by atomic mass is 16.6. The number of hydrogen-bond acceptors (Lipinski definition) is 2. The van der Waals surface area contributed by atoms with E-state index in [-0.39, 0.29) is 0 Å². The van der Waals surface area contributed by atoms with E-state index in [4.69, 9.17) is 9.47 Å². The van der Waals surface area contributed by atoms with Gasteiger partial charge in [0.15, 0.2) is 0 Å². The van der Waals surface area contributed by atoms with Crippen molar-refractivity contribution in [2.75, 3.05) is 13.2 Å². The minimum atomic E-state index is 0.479. The van der Waals surface area contributed by atoms with Gasteiger partial charge >= 0.3 is 0 Å². The zero-order valence-electron chi connectivity index (χ0n) is 7.45. The second kappa shape index (κ2) is 2.74. The highest BCUT2D eigenvalue weighted by Crippen LogP contribution is 2.30. The van der Waals surface area contributed by atoms with E-state index in [1.165, 1.54) is 11.1 Å². The van der Waals surface area contributed by atoms with Crippen LogP contribution in [0, 0.1) is 0 Å². The van der Waals surface area contributed by atoms with Crippen LogP contribution < -0.4 is 4.74 Å². The molecule has 0 radical (unpaired) electrons. The van der Waals surface area contributed by atoms with Crippen molar-refractivity contribution in [2.45, 2.75) is 18.9 Å². The summed E-state index contributed by atoms with van der Waals surface area (Å²) in [7, 11) is 0. The number of benzene rings is 1. The zero-order chi connectivity index (χ0) is 8.67. The summed E-state index contributed by atoms with van der Waals surface area (Å²) >= 11 is 0. The second-order valence-electron chi connectivity index (χ2n) is 3.65. The molecule has 3 rings (SSSR count).